The number of fused-ring (bicyclic) bond motifs is 1. The van der Waals surface area contributed by atoms with E-state index in [1.807, 2.05) is 6.08 Å². The van der Waals surface area contributed by atoms with Gasteiger partial charge in [0, 0.05) is 6.42 Å². The quantitative estimate of drug-likeness (QED) is 0.535. The Bertz CT molecular complexity index is 271. The summed E-state index contributed by atoms with van der Waals surface area (Å²) in [6.07, 6.45) is 8.40. The molecule has 1 unspecified atom stereocenters. The summed E-state index contributed by atoms with van der Waals surface area (Å²) >= 11 is 0. The lowest BCUT2D eigenvalue weighted by molar-refractivity contribution is -0.115. The lowest BCUT2D eigenvalue weighted by atomic mass is 9.77. The third kappa shape index (κ3) is 1.24. The molecule has 0 bridgehead atoms. The Kier molecular flexibility index (Phi) is 1.87. The number of allylic oxidation sites excluding steroid dienone is 4. The van der Waals surface area contributed by atoms with Crippen LogP contribution in [0.5, 0.6) is 0 Å². The van der Waals surface area contributed by atoms with Gasteiger partial charge in [-0.25, -0.2) is 0 Å². The standard InChI is InChI=1S/C11H14O/c1-8-3-2-4-9-5-6-10(12)7-11(8)9/h3,7,9H,2,4-6H2,1H3. The first-order valence-electron chi connectivity index (χ1n) is 4.69. The highest BCUT2D eigenvalue weighted by Crippen LogP contribution is 2.35. The highest BCUT2D eigenvalue weighted by Gasteiger charge is 2.23. The minimum absolute atomic E-state index is 0.316. The highest BCUT2D eigenvalue weighted by molar-refractivity contribution is 5.92. The Hall–Kier alpha value is -0.850. The van der Waals surface area contributed by atoms with Crippen LogP contribution in [0.1, 0.15) is 32.6 Å². The maximum absolute atomic E-state index is 11.2. The van der Waals surface area contributed by atoms with Crippen LogP contribution in [-0.2, 0) is 4.79 Å². The number of rotatable bonds is 0. The molecular formula is C11H14O. The van der Waals surface area contributed by atoms with E-state index in [4.69, 9.17) is 0 Å². The van der Waals surface area contributed by atoms with E-state index < -0.39 is 0 Å². The molecule has 0 heterocycles. The van der Waals surface area contributed by atoms with E-state index >= 15 is 0 Å². The van der Waals surface area contributed by atoms with Gasteiger partial charge in [0.25, 0.3) is 0 Å². The molecule has 0 aromatic carbocycles. The molecule has 0 aliphatic heterocycles. The molecule has 2 rings (SSSR count). The molecule has 0 spiro atoms. The van der Waals surface area contributed by atoms with Crippen molar-refractivity contribution in [1.82, 2.24) is 0 Å². The second-order valence-corrected chi connectivity index (χ2v) is 3.77. The average molecular weight is 162 g/mol. The molecule has 1 atom stereocenters. The van der Waals surface area contributed by atoms with Crippen molar-refractivity contribution in [2.24, 2.45) is 5.92 Å². The van der Waals surface area contributed by atoms with E-state index in [2.05, 4.69) is 13.0 Å². The van der Waals surface area contributed by atoms with Gasteiger partial charge in [-0.2, -0.15) is 0 Å². The lowest BCUT2D eigenvalue weighted by Crippen LogP contribution is -2.17. The molecule has 0 radical (unpaired) electrons. The predicted molar refractivity (Wildman–Crippen MR) is 48.8 cm³/mol. The van der Waals surface area contributed by atoms with E-state index in [0.29, 0.717) is 11.7 Å². The van der Waals surface area contributed by atoms with Gasteiger partial charge < -0.3 is 0 Å². The molecule has 0 saturated carbocycles. The molecule has 0 saturated heterocycles. The molecule has 0 aromatic rings. The monoisotopic (exact) mass is 162 g/mol. The summed E-state index contributed by atoms with van der Waals surface area (Å²) in [5.41, 5.74) is 2.65. The van der Waals surface area contributed by atoms with Gasteiger partial charge in [-0.3, -0.25) is 4.79 Å². The van der Waals surface area contributed by atoms with E-state index in [-0.39, 0.29) is 0 Å². The summed E-state index contributed by atoms with van der Waals surface area (Å²) in [5.74, 6) is 1.00. The Morgan fingerprint density at radius 3 is 3.08 bits per heavy atom. The van der Waals surface area contributed by atoms with Crippen molar-refractivity contribution in [2.75, 3.05) is 0 Å². The van der Waals surface area contributed by atoms with Gasteiger partial charge in [0.05, 0.1) is 0 Å². The van der Waals surface area contributed by atoms with E-state index in [1.165, 1.54) is 24.0 Å². The molecule has 2 aliphatic carbocycles. The zero-order valence-electron chi connectivity index (χ0n) is 7.47. The van der Waals surface area contributed by atoms with Gasteiger partial charge in [-0.15, -0.1) is 0 Å². The largest absolute Gasteiger partial charge is 0.295 e. The zero-order valence-corrected chi connectivity index (χ0v) is 7.47. The molecule has 12 heavy (non-hydrogen) atoms. The van der Waals surface area contributed by atoms with Crippen LogP contribution in [0.3, 0.4) is 0 Å². The lowest BCUT2D eigenvalue weighted by Gasteiger charge is -2.27. The highest BCUT2D eigenvalue weighted by atomic mass is 16.1. The van der Waals surface area contributed by atoms with Crippen molar-refractivity contribution in [3.8, 4) is 0 Å². The van der Waals surface area contributed by atoms with Crippen LogP contribution in [0.4, 0.5) is 0 Å². The maximum Gasteiger partial charge on any atom is 0.156 e. The molecular weight excluding hydrogens is 148 g/mol. The third-order valence-electron chi connectivity index (χ3n) is 2.92. The van der Waals surface area contributed by atoms with Crippen LogP contribution in [-0.4, -0.2) is 5.78 Å². The minimum Gasteiger partial charge on any atom is -0.295 e. The predicted octanol–water partition coefficient (Wildman–Crippen LogP) is 2.63. The van der Waals surface area contributed by atoms with Crippen LogP contribution in [0.25, 0.3) is 0 Å². The fraction of sp³-hybridized carbons (Fsp3) is 0.545. The smallest absolute Gasteiger partial charge is 0.156 e. The van der Waals surface area contributed by atoms with Crippen molar-refractivity contribution in [3.05, 3.63) is 23.3 Å². The van der Waals surface area contributed by atoms with Gasteiger partial charge in [-0.1, -0.05) is 11.6 Å². The fourth-order valence-electron chi connectivity index (χ4n) is 2.19. The third-order valence-corrected chi connectivity index (χ3v) is 2.92. The van der Waals surface area contributed by atoms with Gasteiger partial charge in [0.2, 0.25) is 0 Å². The fourth-order valence-corrected chi connectivity index (χ4v) is 2.19. The summed E-state index contributed by atoms with van der Waals surface area (Å²) in [5, 5.41) is 0. The Morgan fingerprint density at radius 1 is 1.42 bits per heavy atom. The van der Waals surface area contributed by atoms with Crippen molar-refractivity contribution >= 4 is 5.78 Å². The van der Waals surface area contributed by atoms with E-state index in [0.717, 1.165) is 12.8 Å². The van der Waals surface area contributed by atoms with Crippen LogP contribution < -0.4 is 0 Å². The van der Waals surface area contributed by atoms with Gasteiger partial charge in [0.1, 0.15) is 0 Å². The van der Waals surface area contributed by atoms with Crippen LogP contribution in [0, 0.1) is 5.92 Å². The van der Waals surface area contributed by atoms with Crippen LogP contribution >= 0.6 is 0 Å². The molecule has 64 valence electrons. The summed E-state index contributed by atoms with van der Waals surface area (Å²) < 4.78 is 0. The molecule has 0 fully saturated rings. The molecule has 0 amide bonds. The molecule has 0 N–H and O–H groups in total. The first-order valence-corrected chi connectivity index (χ1v) is 4.69. The van der Waals surface area contributed by atoms with Crippen molar-refractivity contribution in [1.29, 1.82) is 0 Å². The Morgan fingerprint density at radius 2 is 2.25 bits per heavy atom. The normalized spacial score (nSPS) is 29.1. The minimum atomic E-state index is 0.316. The van der Waals surface area contributed by atoms with Crippen molar-refractivity contribution in [3.63, 3.8) is 0 Å². The number of ketones is 1. The number of carbonyl (C=O) groups excluding carboxylic acids is 1. The van der Waals surface area contributed by atoms with Crippen molar-refractivity contribution < 1.29 is 4.79 Å². The second kappa shape index (κ2) is 2.89. The van der Waals surface area contributed by atoms with Gasteiger partial charge >= 0.3 is 0 Å². The Labute approximate surface area is 73.2 Å². The molecule has 0 aromatic heterocycles. The summed E-state index contributed by atoms with van der Waals surface area (Å²) in [6, 6.07) is 0. The van der Waals surface area contributed by atoms with Gasteiger partial charge in [-0.05, 0) is 43.8 Å². The summed E-state index contributed by atoms with van der Waals surface area (Å²) in [7, 11) is 0. The second-order valence-electron chi connectivity index (χ2n) is 3.77. The first kappa shape index (κ1) is 7.78. The van der Waals surface area contributed by atoms with E-state index in [1.54, 1.807) is 0 Å². The van der Waals surface area contributed by atoms with Crippen LogP contribution in [0.2, 0.25) is 0 Å². The molecule has 1 heteroatoms. The van der Waals surface area contributed by atoms with Crippen LogP contribution in [0.15, 0.2) is 23.3 Å². The number of hydrogen-bond donors (Lipinski definition) is 0. The average Bonchev–Trinajstić information content (AvgIpc) is 2.07. The Balaban J connectivity index is 2.35. The molecule has 1 nitrogen and oxygen atoms in total. The first-order chi connectivity index (χ1) is 5.77. The van der Waals surface area contributed by atoms with E-state index in [9.17, 15) is 4.79 Å². The SMILES string of the molecule is CC1=CCCC2CCC(=O)C=C12. The number of hydrogen-bond acceptors (Lipinski definition) is 1. The topological polar surface area (TPSA) is 17.1 Å². The maximum atomic E-state index is 11.2. The zero-order chi connectivity index (χ0) is 8.55. The number of carbonyl (C=O) groups is 1. The molecule has 2 aliphatic rings. The summed E-state index contributed by atoms with van der Waals surface area (Å²) in [4.78, 5) is 11.2. The van der Waals surface area contributed by atoms with Gasteiger partial charge in [0.15, 0.2) is 5.78 Å². The van der Waals surface area contributed by atoms with Crippen molar-refractivity contribution in [2.45, 2.75) is 32.6 Å². The summed E-state index contributed by atoms with van der Waals surface area (Å²) in [6.45, 7) is 2.12.